The highest BCUT2D eigenvalue weighted by Crippen LogP contribution is 2.24. The van der Waals surface area contributed by atoms with E-state index in [0.717, 1.165) is 44.8 Å². The molecule has 0 bridgehead atoms. The molecule has 0 spiro atoms. The van der Waals surface area contributed by atoms with Crippen LogP contribution in [0.25, 0.3) is 0 Å². The zero-order chi connectivity index (χ0) is 14.5. The third-order valence-corrected chi connectivity index (χ3v) is 4.54. The number of likely N-dealkylation sites (N-methyl/N-ethyl adjacent to an activating group) is 1. The van der Waals surface area contributed by atoms with E-state index in [1.54, 1.807) is 0 Å². The van der Waals surface area contributed by atoms with E-state index in [1.165, 1.54) is 36.8 Å². The minimum atomic E-state index is 0.748. The Morgan fingerprint density at radius 3 is 2.62 bits per heavy atom. The molecule has 2 aliphatic rings. The summed E-state index contributed by atoms with van der Waals surface area (Å²) >= 11 is 0. The van der Waals surface area contributed by atoms with Crippen molar-refractivity contribution in [2.45, 2.75) is 50.8 Å². The molecule has 0 aromatic heterocycles. The maximum atomic E-state index is 5.89. The number of benzene rings is 1. The predicted molar refractivity (Wildman–Crippen MR) is 86.5 cm³/mol. The molecule has 3 heteroatoms. The van der Waals surface area contributed by atoms with Crippen molar-refractivity contribution in [1.29, 1.82) is 0 Å². The van der Waals surface area contributed by atoms with E-state index >= 15 is 0 Å². The second-order valence-corrected chi connectivity index (χ2v) is 6.51. The van der Waals surface area contributed by atoms with E-state index in [9.17, 15) is 0 Å². The van der Waals surface area contributed by atoms with Gasteiger partial charge in [0, 0.05) is 18.6 Å². The number of hydrogen-bond donors (Lipinski definition) is 1. The van der Waals surface area contributed by atoms with Gasteiger partial charge in [-0.05, 0) is 56.8 Å². The predicted octanol–water partition coefficient (Wildman–Crippen LogP) is 2.59. The van der Waals surface area contributed by atoms with Gasteiger partial charge in [-0.1, -0.05) is 24.3 Å². The first-order chi connectivity index (χ1) is 10.3. The van der Waals surface area contributed by atoms with Crippen LogP contribution in [0.15, 0.2) is 24.3 Å². The highest BCUT2D eigenvalue weighted by molar-refractivity contribution is 5.26. The van der Waals surface area contributed by atoms with Crippen LogP contribution in [0.2, 0.25) is 0 Å². The Labute approximate surface area is 128 Å². The minimum absolute atomic E-state index is 0.748. The van der Waals surface area contributed by atoms with Crippen molar-refractivity contribution in [2.24, 2.45) is 0 Å². The zero-order valence-corrected chi connectivity index (χ0v) is 13.2. The molecule has 1 N–H and O–H groups in total. The Balaban J connectivity index is 1.38. The van der Waals surface area contributed by atoms with Gasteiger partial charge in [-0.15, -0.1) is 0 Å². The normalized spacial score (nSPS) is 18.4. The number of nitrogens with zero attached hydrogens (tertiary/aromatic N) is 1. The first kappa shape index (κ1) is 15.0. The number of rotatable bonds is 10. The number of hydrogen-bond acceptors (Lipinski definition) is 3. The lowest BCUT2D eigenvalue weighted by atomic mass is 10.1. The molecular formula is C18H28N2O. The highest BCUT2D eigenvalue weighted by Gasteiger charge is 2.25. The molecule has 3 rings (SSSR count). The second kappa shape index (κ2) is 7.39. The van der Waals surface area contributed by atoms with E-state index in [1.807, 2.05) is 0 Å². The summed E-state index contributed by atoms with van der Waals surface area (Å²) in [5, 5.41) is 3.59. The van der Waals surface area contributed by atoms with Gasteiger partial charge < -0.3 is 15.0 Å². The molecule has 1 aromatic carbocycles. The molecule has 21 heavy (non-hydrogen) atoms. The molecule has 2 saturated carbocycles. The van der Waals surface area contributed by atoms with Crippen LogP contribution in [0.4, 0.5) is 0 Å². The van der Waals surface area contributed by atoms with E-state index in [4.69, 9.17) is 4.74 Å². The van der Waals surface area contributed by atoms with Crippen molar-refractivity contribution in [3.05, 3.63) is 35.4 Å². The van der Waals surface area contributed by atoms with Gasteiger partial charge in [0.15, 0.2) is 0 Å². The molecule has 116 valence electrons. The summed E-state index contributed by atoms with van der Waals surface area (Å²) in [6, 6.07) is 10.3. The van der Waals surface area contributed by atoms with Crippen molar-refractivity contribution < 1.29 is 4.74 Å². The van der Waals surface area contributed by atoms with E-state index < -0.39 is 0 Å². The molecule has 0 radical (unpaired) electrons. The lowest BCUT2D eigenvalue weighted by Crippen LogP contribution is -2.25. The first-order valence-electron chi connectivity index (χ1n) is 8.41. The van der Waals surface area contributed by atoms with E-state index in [-0.39, 0.29) is 0 Å². The average molecular weight is 288 g/mol. The summed E-state index contributed by atoms with van der Waals surface area (Å²) in [6.07, 6.45) is 6.57. The van der Waals surface area contributed by atoms with Gasteiger partial charge >= 0.3 is 0 Å². The third kappa shape index (κ3) is 5.10. The summed E-state index contributed by atoms with van der Waals surface area (Å²) < 4.78 is 5.89. The number of nitrogens with one attached hydrogen (secondary N) is 1. The summed E-state index contributed by atoms with van der Waals surface area (Å²) in [5.41, 5.74) is 2.78. The van der Waals surface area contributed by atoms with Crippen LogP contribution >= 0.6 is 0 Å². The fourth-order valence-electron chi connectivity index (χ4n) is 2.73. The van der Waals surface area contributed by atoms with Crippen LogP contribution in [0, 0.1) is 0 Å². The quantitative estimate of drug-likeness (QED) is 0.670. The van der Waals surface area contributed by atoms with Gasteiger partial charge in [0.25, 0.3) is 0 Å². The third-order valence-electron chi connectivity index (χ3n) is 4.54. The zero-order valence-electron chi connectivity index (χ0n) is 13.2. The molecule has 2 fully saturated rings. The minimum Gasteiger partial charge on any atom is -0.375 e. The Kier molecular flexibility index (Phi) is 5.28. The maximum Gasteiger partial charge on any atom is 0.0720 e. The first-order valence-corrected chi connectivity index (χ1v) is 8.41. The number of ether oxygens (including phenoxy) is 1. The summed E-state index contributed by atoms with van der Waals surface area (Å²) in [5.74, 6) is 0. The van der Waals surface area contributed by atoms with Gasteiger partial charge in [-0.3, -0.25) is 0 Å². The fourth-order valence-corrected chi connectivity index (χ4v) is 2.73. The van der Waals surface area contributed by atoms with Crippen LogP contribution in [-0.4, -0.2) is 43.7 Å². The molecule has 0 heterocycles. The molecule has 0 atom stereocenters. The molecule has 0 aliphatic heterocycles. The molecule has 0 amide bonds. The van der Waals surface area contributed by atoms with Gasteiger partial charge in [0.1, 0.15) is 0 Å². The van der Waals surface area contributed by atoms with Crippen molar-refractivity contribution in [1.82, 2.24) is 10.2 Å². The van der Waals surface area contributed by atoms with Gasteiger partial charge in [-0.25, -0.2) is 0 Å². The Morgan fingerprint density at radius 2 is 1.90 bits per heavy atom. The van der Waals surface area contributed by atoms with Crippen LogP contribution in [0.5, 0.6) is 0 Å². The Bertz CT molecular complexity index is 441. The van der Waals surface area contributed by atoms with Gasteiger partial charge in [0.05, 0.1) is 13.2 Å². The highest BCUT2D eigenvalue weighted by atomic mass is 16.5. The van der Waals surface area contributed by atoms with E-state index in [0.29, 0.717) is 0 Å². The van der Waals surface area contributed by atoms with Crippen molar-refractivity contribution in [3.63, 3.8) is 0 Å². The molecule has 0 unspecified atom stereocenters. The smallest absolute Gasteiger partial charge is 0.0720 e. The van der Waals surface area contributed by atoms with Crippen molar-refractivity contribution >= 4 is 0 Å². The monoisotopic (exact) mass is 288 g/mol. The fraction of sp³-hybridized carbons (Fsp3) is 0.667. The SMILES string of the molecule is CN(CCOCc1ccccc1CCNC1CC1)C1CC1. The lowest BCUT2D eigenvalue weighted by Gasteiger charge is -2.16. The Hall–Kier alpha value is -0.900. The van der Waals surface area contributed by atoms with Crippen LogP contribution in [0.1, 0.15) is 36.8 Å². The molecule has 3 nitrogen and oxygen atoms in total. The summed E-state index contributed by atoms with van der Waals surface area (Å²) in [6.45, 7) is 3.72. The topological polar surface area (TPSA) is 24.5 Å². The maximum absolute atomic E-state index is 5.89. The Morgan fingerprint density at radius 1 is 1.14 bits per heavy atom. The second-order valence-electron chi connectivity index (χ2n) is 6.51. The van der Waals surface area contributed by atoms with Crippen LogP contribution in [0.3, 0.4) is 0 Å². The molecular weight excluding hydrogens is 260 g/mol. The van der Waals surface area contributed by atoms with Crippen molar-refractivity contribution in [2.75, 3.05) is 26.7 Å². The van der Waals surface area contributed by atoms with Gasteiger partial charge in [0.2, 0.25) is 0 Å². The standard InChI is InChI=1S/C18H28N2O/c1-20(18-8-9-18)12-13-21-14-16-5-3-2-4-15(16)10-11-19-17-6-7-17/h2-5,17-19H,6-14H2,1H3. The molecule has 1 aromatic rings. The largest absolute Gasteiger partial charge is 0.375 e. The van der Waals surface area contributed by atoms with Crippen LogP contribution in [-0.2, 0) is 17.8 Å². The van der Waals surface area contributed by atoms with E-state index in [2.05, 4.69) is 41.5 Å². The average Bonchev–Trinajstić information content (AvgIpc) is 3.38. The van der Waals surface area contributed by atoms with Crippen molar-refractivity contribution in [3.8, 4) is 0 Å². The van der Waals surface area contributed by atoms with Gasteiger partial charge in [-0.2, -0.15) is 0 Å². The summed E-state index contributed by atoms with van der Waals surface area (Å²) in [7, 11) is 2.21. The van der Waals surface area contributed by atoms with Crippen LogP contribution < -0.4 is 5.32 Å². The molecule has 2 aliphatic carbocycles. The lowest BCUT2D eigenvalue weighted by molar-refractivity contribution is 0.0974. The summed E-state index contributed by atoms with van der Waals surface area (Å²) in [4.78, 5) is 2.42. The molecule has 0 saturated heterocycles.